The molecule has 1 aromatic heterocycles. The number of piperazine rings is 1. The van der Waals surface area contributed by atoms with Gasteiger partial charge in [0.15, 0.2) is 0 Å². The lowest BCUT2D eigenvalue weighted by molar-refractivity contribution is 0.313. The van der Waals surface area contributed by atoms with E-state index in [1.54, 1.807) is 0 Å². The molecule has 0 bridgehead atoms. The summed E-state index contributed by atoms with van der Waals surface area (Å²) in [5.41, 5.74) is 2.36. The van der Waals surface area contributed by atoms with Crippen LogP contribution < -0.4 is 15.1 Å². The maximum atomic E-state index is 4.74. The number of hydrogen-bond donors (Lipinski definition) is 1. The van der Waals surface area contributed by atoms with E-state index in [9.17, 15) is 0 Å². The predicted molar refractivity (Wildman–Crippen MR) is 112 cm³/mol. The van der Waals surface area contributed by atoms with Crippen LogP contribution in [0.1, 0.15) is 25.7 Å². The number of benzene rings is 1. The third-order valence-electron chi connectivity index (χ3n) is 5.54. The lowest BCUT2D eigenvalue weighted by Gasteiger charge is -2.34. The molecule has 0 radical (unpaired) electrons. The fourth-order valence-corrected chi connectivity index (χ4v) is 3.81. The Morgan fingerprint density at radius 2 is 1.48 bits per heavy atom. The molecular formula is C21H30N6. The first-order valence-electron chi connectivity index (χ1n) is 10.2. The third-order valence-corrected chi connectivity index (χ3v) is 5.54. The van der Waals surface area contributed by atoms with E-state index in [1.165, 1.54) is 31.4 Å². The minimum absolute atomic E-state index is 0.843. The fourth-order valence-electron chi connectivity index (χ4n) is 3.81. The van der Waals surface area contributed by atoms with Gasteiger partial charge in [-0.3, -0.25) is 0 Å². The summed E-state index contributed by atoms with van der Waals surface area (Å²) >= 11 is 0. The van der Waals surface area contributed by atoms with Crippen LogP contribution in [0.2, 0.25) is 0 Å². The van der Waals surface area contributed by atoms with Crippen LogP contribution >= 0.6 is 0 Å². The molecule has 1 aromatic carbocycles. The van der Waals surface area contributed by atoms with Gasteiger partial charge in [-0.1, -0.05) is 12.8 Å². The Bertz CT molecular complexity index is 716. The summed E-state index contributed by atoms with van der Waals surface area (Å²) in [6.45, 7) is 6.55. The van der Waals surface area contributed by atoms with Crippen LogP contribution in [-0.2, 0) is 0 Å². The van der Waals surface area contributed by atoms with Gasteiger partial charge in [0.05, 0.1) is 0 Å². The topological polar surface area (TPSA) is 47.5 Å². The fraction of sp³-hybridized carbons (Fsp3) is 0.524. The quantitative estimate of drug-likeness (QED) is 0.895. The molecule has 0 unspecified atom stereocenters. The standard InChI is InChI=1S/C21H30N6/c1-25-14-16-26(17-15-25)19-8-6-18(7-9-19)23-20-10-11-22-21(24-20)27-12-4-2-3-5-13-27/h6-11H,2-5,12-17H2,1H3,(H,22,23,24). The van der Waals surface area contributed by atoms with Crippen LogP contribution in [-0.4, -0.2) is 61.2 Å². The van der Waals surface area contributed by atoms with Gasteiger partial charge in [-0.25, -0.2) is 4.98 Å². The predicted octanol–water partition coefficient (Wildman–Crippen LogP) is 3.35. The van der Waals surface area contributed by atoms with Crippen LogP contribution in [0.4, 0.5) is 23.1 Å². The molecule has 0 saturated carbocycles. The molecule has 0 spiro atoms. The SMILES string of the molecule is CN1CCN(c2ccc(Nc3ccnc(N4CCCCCC4)n3)cc2)CC1. The Kier molecular flexibility index (Phi) is 5.72. The second kappa shape index (κ2) is 8.57. The summed E-state index contributed by atoms with van der Waals surface area (Å²) in [5.74, 6) is 1.70. The van der Waals surface area contributed by atoms with Crippen molar-refractivity contribution in [2.24, 2.45) is 0 Å². The van der Waals surface area contributed by atoms with Crippen molar-refractivity contribution >= 4 is 23.1 Å². The molecular weight excluding hydrogens is 336 g/mol. The summed E-state index contributed by atoms with van der Waals surface area (Å²) in [4.78, 5) is 16.4. The monoisotopic (exact) mass is 366 g/mol. The number of likely N-dealkylation sites (N-methyl/N-ethyl adjacent to an activating group) is 1. The zero-order valence-electron chi connectivity index (χ0n) is 16.3. The number of nitrogens with zero attached hydrogens (tertiary/aromatic N) is 5. The summed E-state index contributed by atoms with van der Waals surface area (Å²) in [6, 6.07) is 10.6. The molecule has 2 aliphatic heterocycles. The summed E-state index contributed by atoms with van der Waals surface area (Å²) in [5, 5.41) is 3.43. The highest BCUT2D eigenvalue weighted by Gasteiger charge is 2.15. The van der Waals surface area contributed by atoms with Gasteiger partial charge in [-0.05, 0) is 50.2 Å². The Morgan fingerprint density at radius 3 is 2.19 bits per heavy atom. The Balaban J connectivity index is 1.41. The summed E-state index contributed by atoms with van der Waals surface area (Å²) < 4.78 is 0. The second-order valence-corrected chi connectivity index (χ2v) is 7.61. The van der Waals surface area contributed by atoms with Gasteiger partial charge in [0, 0.05) is 56.8 Å². The van der Waals surface area contributed by atoms with Gasteiger partial charge in [-0.2, -0.15) is 4.98 Å². The molecule has 3 heterocycles. The molecule has 4 rings (SSSR count). The highest BCUT2D eigenvalue weighted by molar-refractivity contribution is 5.61. The van der Waals surface area contributed by atoms with Crippen molar-refractivity contribution in [3.8, 4) is 0 Å². The number of anilines is 4. The van der Waals surface area contributed by atoms with Gasteiger partial charge in [0.25, 0.3) is 0 Å². The van der Waals surface area contributed by atoms with Crippen molar-refractivity contribution < 1.29 is 0 Å². The molecule has 6 heteroatoms. The Labute approximate surface area is 162 Å². The molecule has 2 aliphatic rings. The van der Waals surface area contributed by atoms with E-state index in [4.69, 9.17) is 4.98 Å². The average molecular weight is 367 g/mol. The van der Waals surface area contributed by atoms with Crippen molar-refractivity contribution in [3.63, 3.8) is 0 Å². The van der Waals surface area contributed by atoms with E-state index in [0.717, 1.165) is 56.7 Å². The highest BCUT2D eigenvalue weighted by Crippen LogP contribution is 2.23. The van der Waals surface area contributed by atoms with Crippen molar-refractivity contribution in [2.75, 3.05) is 61.4 Å². The van der Waals surface area contributed by atoms with Gasteiger partial charge in [0.2, 0.25) is 5.95 Å². The van der Waals surface area contributed by atoms with E-state index in [1.807, 2.05) is 12.3 Å². The van der Waals surface area contributed by atoms with E-state index in [2.05, 4.69) is 56.3 Å². The Hall–Kier alpha value is -2.34. The van der Waals surface area contributed by atoms with Crippen molar-refractivity contribution in [1.82, 2.24) is 14.9 Å². The molecule has 6 nitrogen and oxygen atoms in total. The van der Waals surface area contributed by atoms with Gasteiger partial charge in [-0.15, -0.1) is 0 Å². The van der Waals surface area contributed by atoms with Gasteiger partial charge in [0.1, 0.15) is 5.82 Å². The molecule has 2 saturated heterocycles. The molecule has 0 amide bonds. The first-order chi connectivity index (χ1) is 13.3. The molecule has 2 fully saturated rings. The third kappa shape index (κ3) is 4.69. The minimum Gasteiger partial charge on any atom is -0.369 e. The molecule has 2 aromatic rings. The van der Waals surface area contributed by atoms with E-state index < -0.39 is 0 Å². The smallest absolute Gasteiger partial charge is 0.227 e. The highest BCUT2D eigenvalue weighted by atomic mass is 15.3. The number of aromatic nitrogens is 2. The van der Waals surface area contributed by atoms with E-state index in [-0.39, 0.29) is 0 Å². The van der Waals surface area contributed by atoms with Crippen molar-refractivity contribution in [1.29, 1.82) is 0 Å². The largest absolute Gasteiger partial charge is 0.369 e. The second-order valence-electron chi connectivity index (χ2n) is 7.61. The first kappa shape index (κ1) is 18.0. The van der Waals surface area contributed by atoms with Crippen LogP contribution in [0.3, 0.4) is 0 Å². The van der Waals surface area contributed by atoms with E-state index >= 15 is 0 Å². The van der Waals surface area contributed by atoms with Crippen LogP contribution in [0.15, 0.2) is 36.5 Å². The zero-order chi connectivity index (χ0) is 18.5. The van der Waals surface area contributed by atoms with E-state index in [0.29, 0.717) is 0 Å². The van der Waals surface area contributed by atoms with Gasteiger partial charge < -0.3 is 20.0 Å². The zero-order valence-corrected chi connectivity index (χ0v) is 16.3. The minimum atomic E-state index is 0.843. The maximum absolute atomic E-state index is 4.74. The van der Waals surface area contributed by atoms with Crippen LogP contribution in [0.5, 0.6) is 0 Å². The van der Waals surface area contributed by atoms with Gasteiger partial charge >= 0.3 is 0 Å². The normalized spacial score (nSPS) is 19.0. The number of hydrogen-bond acceptors (Lipinski definition) is 6. The summed E-state index contributed by atoms with van der Waals surface area (Å²) in [6.07, 6.45) is 6.94. The summed E-state index contributed by atoms with van der Waals surface area (Å²) in [7, 11) is 2.19. The van der Waals surface area contributed by atoms with Crippen LogP contribution in [0.25, 0.3) is 0 Å². The lowest BCUT2D eigenvalue weighted by atomic mass is 10.2. The first-order valence-corrected chi connectivity index (χ1v) is 10.2. The molecule has 27 heavy (non-hydrogen) atoms. The molecule has 144 valence electrons. The lowest BCUT2D eigenvalue weighted by Crippen LogP contribution is -2.44. The Morgan fingerprint density at radius 1 is 0.778 bits per heavy atom. The average Bonchev–Trinajstić information content (AvgIpc) is 2.99. The number of rotatable bonds is 4. The maximum Gasteiger partial charge on any atom is 0.227 e. The molecule has 0 aliphatic carbocycles. The molecule has 0 atom stereocenters. The van der Waals surface area contributed by atoms with Crippen molar-refractivity contribution in [3.05, 3.63) is 36.5 Å². The number of nitrogens with one attached hydrogen (secondary N) is 1. The van der Waals surface area contributed by atoms with Crippen LogP contribution in [0, 0.1) is 0 Å². The van der Waals surface area contributed by atoms with Crippen molar-refractivity contribution in [2.45, 2.75) is 25.7 Å². The molecule has 1 N–H and O–H groups in total.